The maximum Gasteiger partial charge on any atom is 0.203 e. The van der Waals surface area contributed by atoms with E-state index in [1.807, 2.05) is 25.1 Å². The SMILES string of the molecule is COc1cc(C)ccc1-c1nsc(NC(C)(C)C)n1. The van der Waals surface area contributed by atoms with Crippen molar-refractivity contribution in [2.45, 2.75) is 33.2 Å². The third kappa shape index (κ3) is 3.44. The smallest absolute Gasteiger partial charge is 0.203 e. The highest BCUT2D eigenvalue weighted by molar-refractivity contribution is 7.09. The van der Waals surface area contributed by atoms with E-state index in [4.69, 9.17) is 4.74 Å². The van der Waals surface area contributed by atoms with Gasteiger partial charge in [-0.1, -0.05) is 6.07 Å². The van der Waals surface area contributed by atoms with Crippen LogP contribution >= 0.6 is 11.5 Å². The average Bonchev–Trinajstić information content (AvgIpc) is 2.74. The first-order valence-electron chi connectivity index (χ1n) is 6.16. The highest BCUT2D eigenvalue weighted by Gasteiger charge is 2.15. The topological polar surface area (TPSA) is 47.0 Å². The Balaban J connectivity index is 2.33. The summed E-state index contributed by atoms with van der Waals surface area (Å²) in [5.74, 6) is 1.51. The van der Waals surface area contributed by atoms with Gasteiger partial charge in [0.05, 0.1) is 12.7 Å². The summed E-state index contributed by atoms with van der Waals surface area (Å²) in [4.78, 5) is 4.52. The van der Waals surface area contributed by atoms with E-state index in [2.05, 4.69) is 35.4 Å². The molecule has 0 spiro atoms. The summed E-state index contributed by atoms with van der Waals surface area (Å²) >= 11 is 1.37. The number of rotatable bonds is 3. The summed E-state index contributed by atoms with van der Waals surface area (Å²) in [6, 6.07) is 6.03. The van der Waals surface area contributed by atoms with Crippen LogP contribution in [0, 0.1) is 6.92 Å². The summed E-state index contributed by atoms with van der Waals surface area (Å²) in [7, 11) is 1.67. The lowest BCUT2D eigenvalue weighted by molar-refractivity contribution is 0.416. The van der Waals surface area contributed by atoms with Gasteiger partial charge in [-0.15, -0.1) is 0 Å². The summed E-state index contributed by atoms with van der Waals surface area (Å²) in [5.41, 5.74) is 2.06. The molecule has 1 N–H and O–H groups in total. The number of hydrogen-bond donors (Lipinski definition) is 1. The molecule has 0 fully saturated rings. The molecule has 0 unspecified atom stereocenters. The van der Waals surface area contributed by atoms with Gasteiger partial charge in [-0.2, -0.15) is 9.36 Å². The zero-order valence-electron chi connectivity index (χ0n) is 11.9. The summed E-state index contributed by atoms with van der Waals surface area (Å²) in [6.07, 6.45) is 0. The van der Waals surface area contributed by atoms with Crippen LogP contribution in [0.1, 0.15) is 26.3 Å². The monoisotopic (exact) mass is 277 g/mol. The third-order valence-electron chi connectivity index (χ3n) is 2.51. The van der Waals surface area contributed by atoms with Crippen LogP contribution in [0.4, 0.5) is 5.13 Å². The largest absolute Gasteiger partial charge is 0.496 e. The van der Waals surface area contributed by atoms with Crippen LogP contribution in [-0.4, -0.2) is 22.0 Å². The molecule has 2 aromatic rings. The maximum atomic E-state index is 5.39. The Hall–Kier alpha value is -1.62. The van der Waals surface area contributed by atoms with Crippen molar-refractivity contribution in [3.05, 3.63) is 23.8 Å². The van der Waals surface area contributed by atoms with Gasteiger partial charge in [0.25, 0.3) is 0 Å². The van der Waals surface area contributed by atoms with Crippen LogP contribution in [0.5, 0.6) is 5.75 Å². The number of aromatic nitrogens is 2. The van der Waals surface area contributed by atoms with Crippen molar-refractivity contribution in [3.8, 4) is 17.1 Å². The molecule has 0 saturated heterocycles. The minimum atomic E-state index is -0.0197. The van der Waals surface area contributed by atoms with E-state index in [-0.39, 0.29) is 5.54 Å². The molecular formula is C14H19N3OS. The molecule has 2 rings (SSSR count). The van der Waals surface area contributed by atoms with Gasteiger partial charge in [0.15, 0.2) is 5.82 Å². The van der Waals surface area contributed by atoms with Gasteiger partial charge >= 0.3 is 0 Å². The number of aryl methyl sites for hydroxylation is 1. The van der Waals surface area contributed by atoms with Gasteiger partial charge in [-0.3, -0.25) is 0 Å². The lowest BCUT2D eigenvalue weighted by Gasteiger charge is -2.18. The Morgan fingerprint density at radius 1 is 1.26 bits per heavy atom. The highest BCUT2D eigenvalue weighted by Crippen LogP contribution is 2.31. The van der Waals surface area contributed by atoms with Gasteiger partial charge in [0.1, 0.15) is 5.75 Å². The molecule has 0 aliphatic rings. The highest BCUT2D eigenvalue weighted by atomic mass is 32.1. The Kier molecular flexibility index (Phi) is 3.75. The van der Waals surface area contributed by atoms with Gasteiger partial charge in [0, 0.05) is 17.1 Å². The molecule has 0 aliphatic carbocycles. The van der Waals surface area contributed by atoms with Gasteiger partial charge in [0.2, 0.25) is 5.13 Å². The van der Waals surface area contributed by atoms with Crippen molar-refractivity contribution in [2.24, 2.45) is 0 Å². The molecule has 4 nitrogen and oxygen atoms in total. The van der Waals surface area contributed by atoms with Crippen molar-refractivity contribution >= 4 is 16.7 Å². The predicted molar refractivity (Wildman–Crippen MR) is 80.0 cm³/mol. The second-order valence-electron chi connectivity index (χ2n) is 5.50. The minimum Gasteiger partial charge on any atom is -0.496 e. The van der Waals surface area contributed by atoms with E-state index >= 15 is 0 Å². The average molecular weight is 277 g/mol. The number of ether oxygens (including phenoxy) is 1. The number of nitrogens with zero attached hydrogens (tertiary/aromatic N) is 2. The fraction of sp³-hybridized carbons (Fsp3) is 0.429. The van der Waals surface area contributed by atoms with E-state index in [0.29, 0.717) is 5.82 Å². The van der Waals surface area contributed by atoms with Crippen molar-refractivity contribution in [1.29, 1.82) is 0 Å². The molecule has 0 amide bonds. The minimum absolute atomic E-state index is 0.0197. The van der Waals surface area contributed by atoms with E-state index in [9.17, 15) is 0 Å². The van der Waals surface area contributed by atoms with Crippen molar-refractivity contribution in [3.63, 3.8) is 0 Å². The molecule has 5 heteroatoms. The normalized spacial score (nSPS) is 11.4. The Bertz CT molecular complexity index is 572. The fourth-order valence-corrected chi connectivity index (χ4v) is 2.48. The number of nitrogens with one attached hydrogen (secondary N) is 1. The predicted octanol–water partition coefficient (Wildman–Crippen LogP) is 3.73. The third-order valence-corrected chi connectivity index (χ3v) is 3.14. The molecular weight excluding hydrogens is 258 g/mol. The Morgan fingerprint density at radius 3 is 2.63 bits per heavy atom. The molecule has 19 heavy (non-hydrogen) atoms. The first-order valence-corrected chi connectivity index (χ1v) is 6.93. The molecule has 1 heterocycles. The van der Waals surface area contributed by atoms with Crippen LogP contribution in [0.15, 0.2) is 18.2 Å². The van der Waals surface area contributed by atoms with Crippen molar-refractivity contribution < 1.29 is 4.74 Å². The quantitative estimate of drug-likeness (QED) is 0.928. The molecule has 0 saturated carbocycles. The van der Waals surface area contributed by atoms with Crippen LogP contribution in [0.3, 0.4) is 0 Å². The number of anilines is 1. The summed E-state index contributed by atoms with van der Waals surface area (Å²) in [5, 5.41) is 4.15. The van der Waals surface area contributed by atoms with Crippen molar-refractivity contribution in [2.75, 3.05) is 12.4 Å². The van der Waals surface area contributed by atoms with Crippen LogP contribution in [-0.2, 0) is 0 Å². The molecule has 0 bridgehead atoms. The van der Waals surface area contributed by atoms with Gasteiger partial charge in [-0.25, -0.2) is 0 Å². The number of methoxy groups -OCH3 is 1. The summed E-state index contributed by atoms with van der Waals surface area (Å²) < 4.78 is 9.79. The first kappa shape index (κ1) is 13.8. The Labute approximate surface area is 118 Å². The summed E-state index contributed by atoms with van der Waals surface area (Å²) in [6.45, 7) is 8.33. The zero-order chi connectivity index (χ0) is 14.0. The standard InChI is InChI=1S/C14H19N3OS/c1-9-6-7-10(11(8-9)18-5)12-15-13(19-17-12)16-14(2,3)4/h6-8H,1-5H3,(H,15,16,17). The van der Waals surface area contributed by atoms with Crippen LogP contribution < -0.4 is 10.1 Å². The second kappa shape index (κ2) is 5.17. The number of benzene rings is 1. The van der Waals surface area contributed by atoms with E-state index < -0.39 is 0 Å². The van der Waals surface area contributed by atoms with Crippen molar-refractivity contribution in [1.82, 2.24) is 9.36 Å². The van der Waals surface area contributed by atoms with Crippen LogP contribution in [0.2, 0.25) is 0 Å². The maximum absolute atomic E-state index is 5.39. The first-order chi connectivity index (χ1) is 8.89. The second-order valence-corrected chi connectivity index (χ2v) is 6.25. The molecule has 1 aromatic carbocycles. The van der Waals surface area contributed by atoms with Crippen LogP contribution in [0.25, 0.3) is 11.4 Å². The lowest BCUT2D eigenvalue weighted by Crippen LogP contribution is -2.25. The molecule has 102 valence electrons. The Morgan fingerprint density at radius 2 is 2.00 bits per heavy atom. The van der Waals surface area contributed by atoms with E-state index in [0.717, 1.165) is 22.0 Å². The molecule has 1 aromatic heterocycles. The van der Waals surface area contributed by atoms with Gasteiger partial charge in [-0.05, 0) is 45.4 Å². The lowest BCUT2D eigenvalue weighted by atomic mass is 10.1. The van der Waals surface area contributed by atoms with E-state index in [1.165, 1.54) is 11.5 Å². The molecule has 0 atom stereocenters. The molecule has 0 aliphatic heterocycles. The molecule has 0 radical (unpaired) electrons. The number of hydrogen-bond acceptors (Lipinski definition) is 5. The zero-order valence-corrected chi connectivity index (χ0v) is 12.8. The van der Waals surface area contributed by atoms with Gasteiger partial charge < -0.3 is 10.1 Å². The fourth-order valence-electron chi connectivity index (χ4n) is 1.69. The van der Waals surface area contributed by atoms with E-state index in [1.54, 1.807) is 7.11 Å².